The van der Waals surface area contributed by atoms with Gasteiger partial charge in [-0.1, -0.05) is 0 Å². The number of aliphatic hydroxyl groups is 5. The van der Waals surface area contributed by atoms with E-state index in [4.69, 9.17) is 10.2 Å². The molecule has 5 atom stereocenters. The lowest BCUT2D eigenvalue weighted by atomic mass is 9.88. The zero-order chi connectivity index (χ0) is 11.4. The lowest BCUT2D eigenvalue weighted by Gasteiger charge is -2.41. The summed E-state index contributed by atoms with van der Waals surface area (Å²) in [5.74, 6) is 0. The first-order valence-electron chi connectivity index (χ1n) is 5.13. The number of hydrogen-bond acceptors (Lipinski definition) is 6. The van der Waals surface area contributed by atoms with Crippen molar-refractivity contribution in [2.24, 2.45) is 0 Å². The van der Waals surface area contributed by atoms with Crippen molar-refractivity contribution >= 4 is 0 Å². The monoisotopic (exact) mass is 221 g/mol. The van der Waals surface area contributed by atoms with E-state index in [2.05, 4.69) is 5.32 Å². The van der Waals surface area contributed by atoms with Crippen LogP contribution in [0.15, 0.2) is 0 Å². The van der Waals surface area contributed by atoms with E-state index < -0.39 is 30.4 Å². The van der Waals surface area contributed by atoms with Crippen molar-refractivity contribution in [1.82, 2.24) is 5.32 Å². The second-order valence-electron chi connectivity index (χ2n) is 3.90. The molecule has 0 bridgehead atoms. The van der Waals surface area contributed by atoms with Gasteiger partial charge in [0.15, 0.2) is 0 Å². The van der Waals surface area contributed by atoms with Gasteiger partial charge >= 0.3 is 0 Å². The first kappa shape index (κ1) is 12.8. The van der Waals surface area contributed by atoms with E-state index in [1.54, 1.807) is 0 Å². The summed E-state index contributed by atoms with van der Waals surface area (Å²) in [5.41, 5.74) is 0. The molecule has 0 unspecified atom stereocenters. The van der Waals surface area contributed by atoms with Crippen molar-refractivity contribution < 1.29 is 25.5 Å². The largest absolute Gasteiger partial charge is 0.396 e. The number of hydrogen-bond donors (Lipinski definition) is 6. The zero-order valence-corrected chi connectivity index (χ0v) is 8.45. The molecule has 0 aromatic heterocycles. The quantitative estimate of drug-likeness (QED) is 0.305. The molecule has 0 aromatic carbocycles. The van der Waals surface area contributed by atoms with Crippen molar-refractivity contribution in [2.45, 2.75) is 43.2 Å². The highest BCUT2D eigenvalue weighted by Crippen LogP contribution is 2.18. The summed E-state index contributed by atoms with van der Waals surface area (Å²) >= 11 is 0. The van der Waals surface area contributed by atoms with Crippen molar-refractivity contribution in [1.29, 1.82) is 0 Å². The average Bonchev–Trinajstić information content (AvgIpc) is 2.25. The van der Waals surface area contributed by atoms with Crippen LogP contribution < -0.4 is 5.32 Å². The lowest BCUT2D eigenvalue weighted by molar-refractivity contribution is -0.120. The SMILES string of the molecule is OCCC[C@H]1N[C@H](CO)[C@H](O)[C@H](O)[C@H]1O. The number of rotatable bonds is 4. The highest BCUT2D eigenvalue weighted by atomic mass is 16.4. The predicted molar refractivity (Wildman–Crippen MR) is 52.1 cm³/mol. The van der Waals surface area contributed by atoms with Gasteiger partial charge in [0, 0.05) is 12.6 Å². The summed E-state index contributed by atoms with van der Waals surface area (Å²) in [5, 5.41) is 49.0. The van der Waals surface area contributed by atoms with Gasteiger partial charge in [-0.2, -0.15) is 0 Å². The average molecular weight is 221 g/mol. The fourth-order valence-corrected chi connectivity index (χ4v) is 1.88. The Morgan fingerprint density at radius 3 is 2.00 bits per heavy atom. The van der Waals surface area contributed by atoms with Crippen LogP contribution in [0.25, 0.3) is 0 Å². The van der Waals surface area contributed by atoms with E-state index in [0.717, 1.165) is 0 Å². The van der Waals surface area contributed by atoms with Crippen molar-refractivity contribution in [3.05, 3.63) is 0 Å². The van der Waals surface area contributed by atoms with Crippen LogP contribution in [0, 0.1) is 0 Å². The van der Waals surface area contributed by atoms with Gasteiger partial charge in [-0.25, -0.2) is 0 Å². The molecular weight excluding hydrogens is 202 g/mol. The third-order valence-corrected chi connectivity index (χ3v) is 2.82. The van der Waals surface area contributed by atoms with Gasteiger partial charge in [0.05, 0.1) is 24.9 Å². The molecule has 1 rings (SSSR count). The van der Waals surface area contributed by atoms with Gasteiger partial charge in [0.25, 0.3) is 0 Å². The Hall–Kier alpha value is -0.240. The Bertz CT molecular complexity index is 189. The Morgan fingerprint density at radius 2 is 1.47 bits per heavy atom. The molecule has 15 heavy (non-hydrogen) atoms. The molecule has 0 aliphatic carbocycles. The van der Waals surface area contributed by atoms with Crippen LogP contribution in [0.1, 0.15) is 12.8 Å². The zero-order valence-electron chi connectivity index (χ0n) is 8.45. The molecule has 6 nitrogen and oxygen atoms in total. The summed E-state index contributed by atoms with van der Waals surface area (Å²) in [6, 6.07) is -1.04. The molecule has 1 fully saturated rings. The molecule has 1 aliphatic rings. The van der Waals surface area contributed by atoms with Gasteiger partial charge in [-0.3, -0.25) is 0 Å². The van der Waals surface area contributed by atoms with Crippen molar-refractivity contribution in [3.63, 3.8) is 0 Å². The fraction of sp³-hybridized carbons (Fsp3) is 1.00. The molecule has 0 saturated carbocycles. The first-order chi connectivity index (χ1) is 7.11. The molecule has 0 amide bonds. The predicted octanol–water partition coefficient (Wildman–Crippen LogP) is -2.83. The smallest absolute Gasteiger partial charge is 0.109 e. The molecule has 1 aliphatic heterocycles. The first-order valence-corrected chi connectivity index (χ1v) is 5.13. The molecule has 0 radical (unpaired) electrons. The van der Waals surface area contributed by atoms with Gasteiger partial charge < -0.3 is 30.8 Å². The summed E-state index contributed by atoms with van der Waals surface area (Å²) in [7, 11) is 0. The minimum atomic E-state index is -1.26. The van der Waals surface area contributed by atoms with E-state index in [0.29, 0.717) is 12.8 Å². The van der Waals surface area contributed by atoms with E-state index in [9.17, 15) is 15.3 Å². The molecular formula is C9H19NO5. The highest BCUT2D eigenvalue weighted by molar-refractivity contribution is 4.97. The van der Waals surface area contributed by atoms with Crippen LogP contribution in [0.2, 0.25) is 0 Å². The fourth-order valence-electron chi connectivity index (χ4n) is 1.88. The van der Waals surface area contributed by atoms with Crippen LogP contribution in [0.3, 0.4) is 0 Å². The van der Waals surface area contributed by atoms with Gasteiger partial charge in [0.1, 0.15) is 6.10 Å². The minimum Gasteiger partial charge on any atom is -0.396 e. The molecule has 0 aromatic rings. The summed E-state index contributed by atoms with van der Waals surface area (Å²) in [4.78, 5) is 0. The number of aliphatic hydroxyl groups excluding tert-OH is 5. The minimum absolute atomic E-state index is 0.00728. The summed E-state index contributed by atoms with van der Waals surface area (Å²) < 4.78 is 0. The van der Waals surface area contributed by atoms with Crippen LogP contribution in [0.4, 0.5) is 0 Å². The van der Waals surface area contributed by atoms with E-state index in [1.165, 1.54) is 0 Å². The highest BCUT2D eigenvalue weighted by Gasteiger charge is 2.41. The second kappa shape index (κ2) is 5.74. The molecule has 0 spiro atoms. The van der Waals surface area contributed by atoms with Crippen molar-refractivity contribution in [3.8, 4) is 0 Å². The topological polar surface area (TPSA) is 113 Å². The summed E-state index contributed by atoms with van der Waals surface area (Å²) in [6.45, 7) is -0.298. The molecule has 1 heterocycles. The summed E-state index contributed by atoms with van der Waals surface area (Å²) in [6.07, 6.45) is -2.52. The van der Waals surface area contributed by atoms with Gasteiger partial charge in [-0.05, 0) is 12.8 Å². The number of piperidine rings is 1. The van der Waals surface area contributed by atoms with Crippen LogP contribution in [0.5, 0.6) is 0 Å². The Morgan fingerprint density at radius 1 is 0.867 bits per heavy atom. The third-order valence-electron chi connectivity index (χ3n) is 2.82. The van der Waals surface area contributed by atoms with Crippen LogP contribution >= 0.6 is 0 Å². The standard InChI is InChI=1S/C9H19NO5/c11-3-1-2-5-7(13)9(15)8(14)6(4-12)10-5/h5-15H,1-4H2/t5-,6-,7+,8+,9-/m1/s1. The third kappa shape index (κ3) is 2.87. The Labute approximate surface area is 88.2 Å². The Kier molecular flexibility index (Phi) is 4.91. The maximum atomic E-state index is 9.61. The van der Waals surface area contributed by atoms with Crippen molar-refractivity contribution in [2.75, 3.05) is 13.2 Å². The normalized spacial score (nSPS) is 41.8. The van der Waals surface area contributed by atoms with E-state index >= 15 is 0 Å². The van der Waals surface area contributed by atoms with Gasteiger partial charge in [0.2, 0.25) is 0 Å². The molecule has 6 N–H and O–H groups in total. The Balaban J connectivity index is 2.57. The van der Waals surface area contributed by atoms with Crippen LogP contribution in [-0.4, -0.2) is 69.1 Å². The lowest BCUT2D eigenvalue weighted by Crippen LogP contribution is -2.65. The van der Waals surface area contributed by atoms with E-state index in [1.807, 2.05) is 0 Å². The van der Waals surface area contributed by atoms with Gasteiger partial charge in [-0.15, -0.1) is 0 Å². The van der Waals surface area contributed by atoms with Crippen LogP contribution in [-0.2, 0) is 0 Å². The second-order valence-corrected chi connectivity index (χ2v) is 3.90. The molecule has 90 valence electrons. The molecule has 6 heteroatoms. The maximum Gasteiger partial charge on any atom is 0.109 e. The van der Waals surface area contributed by atoms with E-state index in [-0.39, 0.29) is 13.2 Å². The maximum absolute atomic E-state index is 9.61. The molecule has 1 saturated heterocycles. The number of nitrogens with one attached hydrogen (secondary N) is 1.